The molecule has 2 N–H and O–H groups in total. The lowest BCUT2D eigenvalue weighted by atomic mass is 10.2. The lowest BCUT2D eigenvalue weighted by Gasteiger charge is -2.08. The van der Waals surface area contributed by atoms with Gasteiger partial charge >= 0.3 is 0 Å². The van der Waals surface area contributed by atoms with Crippen molar-refractivity contribution in [3.8, 4) is 0 Å². The zero-order chi connectivity index (χ0) is 14.0. The lowest BCUT2D eigenvalue weighted by molar-refractivity contribution is 0.592. The molecular weight excluding hydrogens is 352 g/mol. The van der Waals surface area contributed by atoms with E-state index in [-0.39, 0.29) is 16.5 Å². The first-order chi connectivity index (χ1) is 8.90. The molecule has 0 aliphatic carbocycles. The van der Waals surface area contributed by atoms with E-state index >= 15 is 0 Å². The third kappa shape index (κ3) is 3.26. The topological polar surface area (TPSA) is 73.0 Å². The summed E-state index contributed by atoms with van der Waals surface area (Å²) in [6, 6.07) is 8.12. The largest absolute Gasteiger partial charge is 0.396 e. The van der Waals surface area contributed by atoms with Crippen LogP contribution in [0.4, 0.5) is 5.69 Å². The Labute approximate surface area is 124 Å². The molecule has 4 nitrogen and oxygen atoms in total. The van der Waals surface area contributed by atoms with Gasteiger partial charge in [-0.05, 0) is 29.8 Å². The molecule has 0 radical (unpaired) electrons. The summed E-state index contributed by atoms with van der Waals surface area (Å²) in [5.74, 6) is -0.236. The summed E-state index contributed by atoms with van der Waals surface area (Å²) in [7, 11) is -3.62. The predicted molar refractivity (Wildman–Crippen MR) is 78.7 cm³/mol. The normalized spacial score (nSPS) is 11.5. The van der Waals surface area contributed by atoms with Crippen LogP contribution in [0.25, 0.3) is 0 Å². The molecule has 2 aromatic rings. The molecule has 100 valence electrons. The molecule has 7 heteroatoms. The molecule has 0 bridgehead atoms. The molecule has 0 saturated carbocycles. The highest BCUT2D eigenvalue weighted by Gasteiger charge is 2.21. The van der Waals surface area contributed by atoms with Gasteiger partial charge in [-0.2, -0.15) is 0 Å². The molecule has 0 aliphatic rings. The maximum Gasteiger partial charge on any atom is 0.201 e. The Morgan fingerprint density at radius 1 is 1.32 bits per heavy atom. The number of nitrogen functional groups attached to an aromatic ring is 1. The molecule has 0 fully saturated rings. The van der Waals surface area contributed by atoms with Gasteiger partial charge in [0, 0.05) is 15.7 Å². The minimum Gasteiger partial charge on any atom is -0.396 e. The number of nitrogens with zero attached hydrogens (tertiary/aromatic N) is 1. The third-order valence-electron chi connectivity index (χ3n) is 2.46. The molecule has 2 rings (SSSR count). The van der Waals surface area contributed by atoms with E-state index in [4.69, 9.17) is 17.3 Å². The van der Waals surface area contributed by atoms with Crippen molar-refractivity contribution in [2.45, 2.75) is 10.8 Å². The summed E-state index contributed by atoms with van der Waals surface area (Å²) in [6.07, 6.45) is 1.40. The molecule has 0 amide bonds. The van der Waals surface area contributed by atoms with Crippen molar-refractivity contribution < 1.29 is 8.42 Å². The molecule has 19 heavy (non-hydrogen) atoms. The van der Waals surface area contributed by atoms with Gasteiger partial charge in [-0.1, -0.05) is 33.6 Å². The molecule has 1 heterocycles. The maximum absolute atomic E-state index is 12.2. The van der Waals surface area contributed by atoms with E-state index < -0.39 is 9.84 Å². The van der Waals surface area contributed by atoms with Crippen LogP contribution in [0.3, 0.4) is 0 Å². The van der Waals surface area contributed by atoms with Crippen molar-refractivity contribution in [3.05, 3.63) is 51.6 Å². The Kier molecular flexibility index (Phi) is 4.13. The van der Waals surface area contributed by atoms with E-state index in [2.05, 4.69) is 20.9 Å². The zero-order valence-corrected chi connectivity index (χ0v) is 12.8. The molecule has 0 spiro atoms. The standard InChI is InChI=1S/C12H10BrClN2O2S/c13-9-4-3-8(10(14)6-9)7-19(17,18)12-11(15)2-1-5-16-12/h1-6H,7,15H2. The smallest absolute Gasteiger partial charge is 0.201 e. The van der Waals surface area contributed by atoms with Crippen LogP contribution in [-0.2, 0) is 15.6 Å². The van der Waals surface area contributed by atoms with Crippen molar-refractivity contribution in [1.82, 2.24) is 4.98 Å². The average molecular weight is 362 g/mol. The zero-order valence-electron chi connectivity index (χ0n) is 9.68. The number of benzene rings is 1. The van der Waals surface area contributed by atoms with E-state index in [0.29, 0.717) is 10.6 Å². The molecule has 1 aromatic heterocycles. The summed E-state index contributed by atoms with van der Waals surface area (Å²) in [5, 5.41) is 0.265. The Bertz CT molecular complexity index is 719. The van der Waals surface area contributed by atoms with Crippen LogP contribution in [0.5, 0.6) is 0 Å². The summed E-state index contributed by atoms with van der Waals surface area (Å²) in [5.41, 5.74) is 6.28. The summed E-state index contributed by atoms with van der Waals surface area (Å²) < 4.78 is 25.3. The monoisotopic (exact) mass is 360 g/mol. The van der Waals surface area contributed by atoms with E-state index in [1.165, 1.54) is 12.3 Å². The summed E-state index contributed by atoms with van der Waals surface area (Å²) in [6.45, 7) is 0. The van der Waals surface area contributed by atoms with Crippen LogP contribution in [0.15, 0.2) is 46.0 Å². The third-order valence-corrected chi connectivity index (χ3v) is 4.92. The van der Waals surface area contributed by atoms with Gasteiger partial charge in [0.15, 0.2) is 5.03 Å². The molecule has 0 atom stereocenters. The van der Waals surface area contributed by atoms with Gasteiger partial charge in [0.25, 0.3) is 0 Å². The Balaban J connectivity index is 2.40. The summed E-state index contributed by atoms with van der Waals surface area (Å²) in [4.78, 5) is 3.83. The summed E-state index contributed by atoms with van der Waals surface area (Å²) >= 11 is 9.28. The lowest BCUT2D eigenvalue weighted by Crippen LogP contribution is -2.10. The SMILES string of the molecule is Nc1cccnc1S(=O)(=O)Cc1ccc(Br)cc1Cl. The van der Waals surface area contributed by atoms with Crippen molar-refractivity contribution in [1.29, 1.82) is 0 Å². The predicted octanol–water partition coefficient (Wildman–Crippen LogP) is 3.05. The average Bonchev–Trinajstić information content (AvgIpc) is 2.33. The van der Waals surface area contributed by atoms with Crippen molar-refractivity contribution in [3.63, 3.8) is 0 Å². The fraction of sp³-hybridized carbons (Fsp3) is 0.0833. The number of hydrogen-bond acceptors (Lipinski definition) is 4. The van der Waals surface area contributed by atoms with Gasteiger partial charge in [0.05, 0.1) is 11.4 Å². The van der Waals surface area contributed by atoms with E-state index in [1.54, 1.807) is 24.3 Å². The van der Waals surface area contributed by atoms with E-state index in [1.807, 2.05) is 0 Å². The second-order valence-electron chi connectivity index (χ2n) is 3.89. The Hall–Kier alpha value is -1.11. The number of anilines is 1. The number of halogens is 2. The van der Waals surface area contributed by atoms with Gasteiger partial charge in [0.2, 0.25) is 9.84 Å². The molecular formula is C12H10BrClN2O2S. The minimum absolute atomic E-state index is 0.117. The van der Waals surface area contributed by atoms with Crippen LogP contribution < -0.4 is 5.73 Å². The quantitative estimate of drug-likeness (QED) is 0.912. The Morgan fingerprint density at radius 2 is 2.05 bits per heavy atom. The van der Waals surface area contributed by atoms with E-state index in [0.717, 1.165) is 4.47 Å². The van der Waals surface area contributed by atoms with Gasteiger partial charge in [0.1, 0.15) is 0 Å². The highest BCUT2D eigenvalue weighted by molar-refractivity contribution is 9.10. The number of sulfone groups is 1. The molecule has 0 saturated heterocycles. The first kappa shape index (κ1) is 14.3. The number of hydrogen-bond donors (Lipinski definition) is 1. The van der Waals surface area contributed by atoms with Gasteiger partial charge < -0.3 is 5.73 Å². The van der Waals surface area contributed by atoms with Gasteiger partial charge in [-0.25, -0.2) is 13.4 Å². The van der Waals surface area contributed by atoms with Crippen LogP contribution in [0.2, 0.25) is 5.02 Å². The molecule has 1 aromatic carbocycles. The molecule has 0 unspecified atom stereocenters. The van der Waals surface area contributed by atoms with Crippen molar-refractivity contribution in [2.24, 2.45) is 0 Å². The highest BCUT2D eigenvalue weighted by Crippen LogP contribution is 2.26. The van der Waals surface area contributed by atoms with Crippen molar-refractivity contribution >= 4 is 43.1 Å². The van der Waals surface area contributed by atoms with Crippen LogP contribution in [0.1, 0.15) is 5.56 Å². The van der Waals surface area contributed by atoms with Crippen LogP contribution in [0, 0.1) is 0 Å². The maximum atomic E-state index is 12.2. The van der Waals surface area contributed by atoms with Crippen LogP contribution >= 0.6 is 27.5 Å². The fourth-order valence-electron chi connectivity index (χ4n) is 1.57. The van der Waals surface area contributed by atoms with Gasteiger partial charge in [-0.3, -0.25) is 0 Å². The minimum atomic E-state index is -3.62. The number of nitrogens with two attached hydrogens (primary N) is 1. The van der Waals surface area contributed by atoms with E-state index in [9.17, 15) is 8.42 Å². The number of rotatable bonds is 3. The van der Waals surface area contributed by atoms with Crippen LogP contribution in [-0.4, -0.2) is 13.4 Å². The van der Waals surface area contributed by atoms with Crippen molar-refractivity contribution in [2.75, 3.05) is 5.73 Å². The second-order valence-corrected chi connectivity index (χ2v) is 7.12. The first-order valence-electron chi connectivity index (χ1n) is 5.27. The number of pyridine rings is 1. The molecule has 0 aliphatic heterocycles. The van der Waals surface area contributed by atoms with Gasteiger partial charge in [-0.15, -0.1) is 0 Å². The fourth-order valence-corrected chi connectivity index (χ4v) is 3.84. The highest BCUT2D eigenvalue weighted by atomic mass is 79.9. The number of aromatic nitrogens is 1. The second kappa shape index (κ2) is 5.48. The first-order valence-corrected chi connectivity index (χ1v) is 8.09. The Morgan fingerprint density at radius 3 is 2.68 bits per heavy atom.